The number of piperidine rings is 1. The quantitative estimate of drug-likeness (QED) is 0.619. The van der Waals surface area contributed by atoms with Gasteiger partial charge in [0.15, 0.2) is 5.03 Å². The summed E-state index contributed by atoms with van der Waals surface area (Å²) in [5.41, 5.74) is 0.641. The molecule has 18 heavy (non-hydrogen) atoms. The Morgan fingerprint density at radius 1 is 1.56 bits per heavy atom. The predicted molar refractivity (Wildman–Crippen MR) is 65.0 cm³/mol. The number of aryl methyl sites for hydroxylation is 1. The van der Waals surface area contributed by atoms with Gasteiger partial charge in [-0.05, 0) is 0 Å². The highest BCUT2D eigenvalue weighted by Gasteiger charge is 2.32. The lowest BCUT2D eigenvalue weighted by atomic mass is 10.00. The van der Waals surface area contributed by atoms with Crippen LogP contribution in [0.15, 0.2) is 22.7 Å². The topological polar surface area (TPSA) is 87.8 Å². The maximum absolute atomic E-state index is 12.3. The zero-order valence-corrected chi connectivity index (χ0v) is 11.1. The van der Waals surface area contributed by atoms with Gasteiger partial charge >= 0.3 is 0 Å². The largest absolute Gasteiger partial charge is 0.411 e. The molecule has 0 aliphatic carbocycles. The van der Waals surface area contributed by atoms with Crippen molar-refractivity contribution in [3.8, 4) is 0 Å². The zero-order valence-electron chi connectivity index (χ0n) is 10.3. The van der Waals surface area contributed by atoms with Crippen LogP contribution in [0.2, 0.25) is 0 Å². The number of hydrogen-bond acceptors (Lipinski definition) is 5. The van der Waals surface area contributed by atoms with Gasteiger partial charge in [0.1, 0.15) is 0 Å². The van der Waals surface area contributed by atoms with Gasteiger partial charge < -0.3 is 9.77 Å². The monoisotopic (exact) mass is 272 g/mol. The first kappa shape index (κ1) is 13.0. The van der Waals surface area contributed by atoms with Crippen molar-refractivity contribution in [3.05, 3.63) is 12.5 Å². The van der Waals surface area contributed by atoms with E-state index in [0.29, 0.717) is 25.2 Å². The SMILES string of the molecule is CC1CN(S(=O)(=O)c2cn(C)cn2)CCC1=NO. The number of aromatic nitrogens is 2. The van der Waals surface area contributed by atoms with Gasteiger partial charge in [0.05, 0.1) is 12.0 Å². The Labute approximate surface area is 106 Å². The lowest BCUT2D eigenvalue weighted by Crippen LogP contribution is -2.43. The van der Waals surface area contributed by atoms with Crippen molar-refractivity contribution in [2.75, 3.05) is 13.1 Å². The summed E-state index contributed by atoms with van der Waals surface area (Å²) in [6.07, 6.45) is 3.39. The van der Waals surface area contributed by atoms with Crippen LogP contribution in [0.25, 0.3) is 0 Å². The molecule has 2 heterocycles. The standard InChI is InChI=1S/C10H16N4O3S/c1-8-5-14(4-3-9(8)12-15)18(16,17)10-6-13(2)7-11-10/h6-8,15H,3-5H2,1-2H3. The number of imidazole rings is 1. The van der Waals surface area contributed by atoms with Gasteiger partial charge in [-0.3, -0.25) is 0 Å². The average Bonchev–Trinajstić information content (AvgIpc) is 2.76. The Kier molecular flexibility index (Phi) is 3.40. The molecule has 0 bridgehead atoms. The molecule has 1 aromatic heterocycles. The molecule has 8 heteroatoms. The molecule has 7 nitrogen and oxygen atoms in total. The van der Waals surface area contributed by atoms with E-state index in [1.807, 2.05) is 6.92 Å². The molecule has 0 amide bonds. The van der Waals surface area contributed by atoms with E-state index in [1.165, 1.54) is 16.8 Å². The Morgan fingerprint density at radius 2 is 2.28 bits per heavy atom. The molecule has 1 N–H and O–H groups in total. The summed E-state index contributed by atoms with van der Waals surface area (Å²) in [6.45, 7) is 2.48. The highest BCUT2D eigenvalue weighted by Crippen LogP contribution is 2.21. The van der Waals surface area contributed by atoms with Crippen LogP contribution in [-0.2, 0) is 17.1 Å². The van der Waals surface area contributed by atoms with E-state index in [1.54, 1.807) is 11.6 Å². The molecule has 0 spiro atoms. The van der Waals surface area contributed by atoms with E-state index < -0.39 is 10.0 Å². The van der Waals surface area contributed by atoms with E-state index in [-0.39, 0.29) is 10.9 Å². The van der Waals surface area contributed by atoms with Crippen LogP contribution in [0.3, 0.4) is 0 Å². The lowest BCUT2D eigenvalue weighted by molar-refractivity contribution is 0.300. The number of sulfonamides is 1. The van der Waals surface area contributed by atoms with Crippen LogP contribution in [0.4, 0.5) is 0 Å². The smallest absolute Gasteiger partial charge is 0.262 e. The fourth-order valence-electron chi connectivity index (χ4n) is 2.01. The molecule has 0 radical (unpaired) electrons. The number of rotatable bonds is 2. The first-order chi connectivity index (χ1) is 8.45. The third-order valence-electron chi connectivity index (χ3n) is 3.08. The summed E-state index contributed by atoms with van der Waals surface area (Å²) in [4.78, 5) is 3.88. The Morgan fingerprint density at radius 3 is 2.78 bits per heavy atom. The molecular weight excluding hydrogens is 256 g/mol. The van der Waals surface area contributed by atoms with E-state index in [4.69, 9.17) is 5.21 Å². The number of hydrogen-bond donors (Lipinski definition) is 1. The second kappa shape index (κ2) is 4.69. The average molecular weight is 272 g/mol. The van der Waals surface area contributed by atoms with Crippen molar-refractivity contribution < 1.29 is 13.6 Å². The van der Waals surface area contributed by atoms with E-state index >= 15 is 0 Å². The van der Waals surface area contributed by atoms with Crippen LogP contribution in [0, 0.1) is 5.92 Å². The lowest BCUT2D eigenvalue weighted by Gasteiger charge is -2.29. The van der Waals surface area contributed by atoms with E-state index in [9.17, 15) is 8.42 Å². The van der Waals surface area contributed by atoms with E-state index in [2.05, 4.69) is 10.1 Å². The molecule has 1 aliphatic heterocycles. The minimum absolute atomic E-state index is 0.0570. The molecular formula is C10H16N4O3S. The molecule has 1 unspecified atom stereocenters. The van der Waals surface area contributed by atoms with Crippen LogP contribution < -0.4 is 0 Å². The number of nitrogens with zero attached hydrogens (tertiary/aromatic N) is 4. The zero-order chi connectivity index (χ0) is 13.3. The molecule has 1 saturated heterocycles. The maximum Gasteiger partial charge on any atom is 0.262 e. The minimum atomic E-state index is -3.54. The molecule has 0 aromatic carbocycles. The molecule has 1 aliphatic rings. The van der Waals surface area contributed by atoms with Crippen molar-refractivity contribution in [1.29, 1.82) is 0 Å². The van der Waals surface area contributed by atoms with Crippen molar-refractivity contribution in [1.82, 2.24) is 13.9 Å². The Bertz CT molecular complexity index is 563. The third-order valence-corrected chi connectivity index (χ3v) is 4.83. The summed E-state index contributed by atoms with van der Waals surface area (Å²) in [7, 11) is -1.82. The van der Waals surface area contributed by atoms with Crippen molar-refractivity contribution in [2.45, 2.75) is 18.4 Å². The van der Waals surface area contributed by atoms with Crippen molar-refractivity contribution in [3.63, 3.8) is 0 Å². The highest BCUT2D eigenvalue weighted by molar-refractivity contribution is 7.89. The van der Waals surface area contributed by atoms with Gasteiger partial charge in [0, 0.05) is 38.7 Å². The molecule has 1 aromatic rings. The molecule has 2 rings (SSSR count). The molecule has 100 valence electrons. The van der Waals surface area contributed by atoms with Gasteiger partial charge in [-0.25, -0.2) is 13.4 Å². The van der Waals surface area contributed by atoms with E-state index in [0.717, 1.165) is 0 Å². The second-order valence-electron chi connectivity index (χ2n) is 4.48. The summed E-state index contributed by atoms with van der Waals surface area (Å²) in [5, 5.41) is 12.0. The summed E-state index contributed by atoms with van der Waals surface area (Å²) in [5.74, 6) is -0.0813. The predicted octanol–water partition coefficient (Wildman–Crippen LogP) is 0.281. The van der Waals surface area contributed by atoms with Crippen LogP contribution >= 0.6 is 0 Å². The maximum atomic E-state index is 12.3. The molecule has 1 fully saturated rings. The summed E-state index contributed by atoms with van der Waals surface area (Å²) >= 11 is 0. The van der Waals surface area contributed by atoms with Crippen molar-refractivity contribution >= 4 is 15.7 Å². The normalized spacial score (nSPS) is 24.6. The third kappa shape index (κ3) is 2.25. The second-order valence-corrected chi connectivity index (χ2v) is 6.37. The molecule has 0 saturated carbocycles. The first-order valence-corrected chi connectivity index (χ1v) is 7.08. The van der Waals surface area contributed by atoms with Crippen LogP contribution in [0.1, 0.15) is 13.3 Å². The van der Waals surface area contributed by atoms with Crippen LogP contribution in [-0.4, -0.2) is 46.3 Å². The fraction of sp³-hybridized carbons (Fsp3) is 0.600. The van der Waals surface area contributed by atoms with Gasteiger partial charge in [-0.2, -0.15) is 4.31 Å². The minimum Gasteiger partial charge on any atom is -0.411 e. The highest BCUT2D eigenvalue weighted by atomic mass is 32.2. The Balaban J connectivity index is 2.23. The van der Waals surface area contributed by atoms with Crippen molar-refractivity contribution in [2.24, 2.45) is 18.1 Å². The van der Waals surface area contributed by atoms with Gasteiger partial charge in [-0.15, -0.1) is 0 Å². The Hall–Kier alpha value is -1.41. The van der Waals surface area contributed by atoms with Gasteiger partial charge in [-0.1, -0.05) is 12.1 Å². The summed E-state index contributed by atoms with van der Waals surface area (Å²) < 4.78 is 27.6. The fourth-order valence-corrected chi connectivity index (χ4v) is 3.50. The van der Waals surface area contributed by atoms with Gasteiger partial charge in [0.2, 0.25) is 0 Å². The molecule has 1 atom stereocenters. The summed E-state index contributed by atoms with van der Waals surface area (Å²) in [6, 6.07) is 0. The first-order valence-electron chi connectivity index (χ1n) is 5.64. The van der Waals surface area contributed by atoms with Crippen LogP contribution in [0.5, 0.6) is 0 Å². The number of oxime groups is 1. The van der Waals surface area contributed by atoms with Gasteiger partial charge in [0.25, 0.3) is 10.0 Å².